The number of carboxylic acid groups (broad SMARTS) is 1. The Kier molecular flexibility index (Phi) is 14.9. The van der Waals surface area contributed by atoms with E-state index in [1.807, 2.05) is 0 Å². The van der Waals surface area contributed by atoms with E-state index in [1.165, 1.54) is 76.7 Å². The minimum atomic E-state index is -1.35. The van der Waals surface area contributed by atoms with Crippen LogP contribution >= 0.6 is 0 Å². The van der Waals surface area contributed by atoms with E-state index in [9.17, 15) is 4.79 Å². The van der Waals surface area contributed by atoms with Gasteiger partial charge in [-0.05, 0) is 18.9 Å². The van der Waals surface area contributed by atoms with Crippen LogP contribution in [0.2, 0.25) is 0 Å². The topological polar surface area (TPSA) is 57.5 Å². The Bertz CT molecular complexity index is 261. The van der Waals surface area contributed by atoms with Crippen molar-refractivity contribution in [3.8, 4) is 0 Å². The van der Waals surface area contributed by atoms with Crippen LogP contribution in [0.3, 0.4) is 0 Å². The van der Waals surface area contributed by atoms with Crippen molar-refractivity contribution in [2.75, 3.05) is 0 Å². The lowest BCUT2D eigenvalue weighted by molar-refractivity contribution is -0.144. The lowest BCUT2D eigenvalue weighted by Gasteiger charge is -2.02. The van der Waals surface area contributed by atoms with E-state index in [1.54, 1.807) is 6.08 Å². The fourth-order valence-corrected chi connectivity index (χ4v) is 2.41. The molecule has 3 heteroatoms. The standard InChI is InChI=1S/C18H34O3/c1-2-3-4-5-6-7-8-9-10-11-12-13-14-15-16-17(19)18(20)21/h15-17,19H,2-14H2,1H3,(H,20,21)/b16-15-. The molecule has 0 aromatic rings. The molecule has 0 aliphatic heterocycles. The minimum Gasteiger partial charge on any atom is -0.479 e. The summed E-state index contributed by atoms with van der Waals surface area (Å²) in [6.07, 6.45) is 18.5. The van der Waals surface area contributed by atoms with Gasteiger partial charge < -0.3 is 10.2 Å². The number of aliphatic hydroxyl groups is 1. The number of unbranched alkanes of at least 4 members (excludes halogenated alkanes) is 12. The third kappa shape index (κ3) is 15.4. The van der Waals surface area contributed by atoms with Crippen LogP contribution in [0.1, 0.15) is 90.4 Å². The molecule has 0 aliphatic carbocycles. The first-order valence-corrected chi connectivity index (χ1v) is 8.76. The molecule has 0 bridgehead atoms. The maximum atomic E-state index is 10.4. The van der Waals surface area contributed by atoms with Crippen LogP contribution in [-0.2, 0) is 4.79 Å². The van der Waals surface area contributed by atoms with Gasteiger partial charge in [-0.1, -0.05) is 83.6 Å². The molecular formula is C18H34O3. The molecule has 0 amide bonds. The summed E-state index contributed by atoms with van der Waals surface area (Å²) in [5.74, 6) is -1.18. The second kappa shape index (κ2) is 15.6. The molecule has 0 aromatic heterocycles. The Morgan fingerprint density at radius 3 is 1.71 bits per heavy atom. The van der Waals surface area contributed by atoms with Crippen LogP contribution in [0.25, 0.3) is 0 Å². The molecule has 0 heterocycles. The van der Waals surface area contributed by atoms with Crippen molar-refractivity contribution in [2.24, 2.45) is 0 Å². The number of aliphatic carboxylic acids is 1. The summed E-state index contributed by atoms with van der Waals surface area (Å²) < 4.78 is 0. The number of carbonyl (C=O) groups is 1. The summed E-state index contributed by atoms with van der Waals surface area (Å²) in [5, 5.41) is 17.5. The van der Waals surface area contributed by atoms with Crippen LogP contribution in [0, 0.1) is 0 Å². The van der Waals surface area contributed by atoms with E-state index in [4.69, 9.17) is 10.2 Å². The molecular weight excluding hydrogens is 264 g/mol. The largest absolute Gasteiger partial charge is 0.479 e. The Morgan fingerprint density at radius 2 is 1.29 bits per heavy atom. The van der Waals surface area contributed by atoms with Gasteiger partial charge in [0.25, 0.3) is 0 Å². The maximum Gasteiger partial charge on any atom is 0.336 e. The molecule has 0 spiro atoms. The zero-order valence-corrected chi connectivity index (χ0v) is 13.7. The molecule has 0 saturated carbocycles. The summed E-state index contributed by atoms with van der Waals surface area (Å²) >= 11 is 0. The molecule has 0 aliphatic rings. The van der Waals surface area contributed by atoms with E-state index in [0.717, 1.165) is 12.8 Å². The second-order valence-corrected chi connectivity index (χ2v) is 5.89. The molecule has 124 valence electrons. The van der Waals surface area contributed by atoms with Crippen LogP contribution < -0.4 is 0 Å². The minimum absolute atomic E-state index is 0.863. The Labute approximate surface area is 130 Å². The average Bonchev–Trinajstić information content (AvgIpc) is 2.47. The molecule has 0 rings (SSSR count). The number of hydrogen-bond donors (Lipinski definition) is 2. The zero-order valence-electron chi connectivity index (χ0n) is 13.7. The summed E-state index contributed by atoms with van der Waals surface area (Å²) in [6.45, 7) is 2.25. The van der Waals surface area contributed by atoms with Gasteiger partial charge in [0.05, 0.1) is 0 Å². The molecule has 0 saturated heterocycles. The van der Waals surface area contributed by atoms with Gasteiger partial charge in [0.2, 0.25) is 0 Å². The first-order valence-electron chi connectivity index (χ1n) is 8.76. The van der Waals surface area contributed by atoms with Gasteiger partial charge in [-0.25, -0.2) is 4.79 Å². The van der Waals surface area contributed by atoms with Crippen LogP contribution in [0.15, 0.2) is 12.2 Å². The maximum absolute atomic E-state index is 10.4. The van der Waals surface area contributed by atoms with E-state index in [2.05, 4.69) is 6.92 Å². The number of hydrogen-bond acceptors (Lipinski definition) is 2. The smallest absolute Gasteiger partial charge is 0.336 e. The number of aliphatic hydroxyl groups excluding tert-OH is 1. The third-order valence-electron chi connectivity index (χ3n) is 3.80. The molecule has 1 unspecified atom stereocenters. The van der Waals surface area contributed by atoms with Crippen molar-refractivity contribution in [1.29, 1.82) is 0 Å². The fourth-order valence-electron chi connectivity index (χ4n) is 2.41. The quantitative estimate of drug-likeness (QED) is 0.327. The van der Waals surface area contributed by atoms with Gasteiger partial charge in [0.15, 0.2) is 6.10 Å². The molecule has 21 heavy (non-hydrogen) atoms. The van der Waals surface area contributed by atoms with Gasteiger partial charge in [-0.15, -0.1) is 0 Å². The summed E-state index contributed by atoms with van der Waals surface area (Å²) in [7, 11) is 0. The van der Waals surface area contributed by atoms with Crippen LogP contribution in [-0.4, -0.2) is 22.3 Å². The molecule has 0 fully saturated rings. The Balaban J connectivity index is 3.14. The second-order valence-electron chi connectivity index (χ2n) is 5.89. The van der Waals surface area contributed by atoms with Crippen molar-refractivity contribution in [2.45, 2.75) is 96.5 Å². The molecule has 1 atom stereocenters. The number of allylic oxidation sites excluding steroid dienone is 1. The van der Waals surface area contributed by atoms with Crippen molar-refractivity contribution < 1.29 is 15.0 Å². The predicted octanol–water partition coefficient (Wildman–Crippen LogP) is 5.08. The van der Waals surface area contributed by atoms with E-state index in [0.29, 0.717) is 0 Å². The highest BCUT2D eigenvalue weighted by molar-refractivity contribution is 5.74. The molecule has 0 aromatic carbocycles. The number of carboxylic acids is 1. The highest BCUT2D eigenvalue weighted by Gasteiger charge is 2.06. The normalized spacial score (nSPS) is 12.9. The Morgan fingerprint density at radius 1 is 0.857 bits per heavy atom. The van der Waals surface area contributed by atoms with Crippen molar-refractivity contribution in [1.82, 2.24) is 0 Å². The lowest BCUT2D eigenvalue weighted by atomic mass is 10.0. The predicted molar refractivity (Wildman–Crippen MR) is 88.5 cm³/mol. The summed E-state index contributed by atoms with van der Waals surface area (Å²) in [5.41, 5.74) is 0. The van der Waals surface area contributed by atoms with Crippen molar-refractivity contribution in [3.05, 3.63) is 12.2 Å². The van der Waals surface area contributed by atoms with Gasteiger partial charge in [-0.2, -0.15) is 0 Å². The molecule has 2 N–H and O–H groups in total. The fraction of sp³-hybridized carbons (Fsp3) is 0.833. The zero-order chi connectivity index (χ0) is 15.8. The van der Waals surface area contributed by atoms with E-state index >= 15 is 0 Å². The van der Waals surface area contributed by atoms with Gasteiger partial charge >= 0.3 is 5.97 Å². The monoisotopic (exact) mass is 298 g/mol. The number of rotatable bonds is 15. The Hall–Kier alpha value is -0.830. The van der Waals surface area contributed by atoms with E-state index in [-0.39, 0.29) is 0 Å². The first-order chi connectivity index (χ1) is 10.2. The SMILES string of the molecule is CCCCCCCCCCCCCC/C=C\C(O)C(=O)O. The van der Waals surface area contributed by atoms with Crippen LogP contribution in [0.4, 0.5) is 0 Å². The van der Waals surface area contributed by atoms with E-state index < -0.39 is 12.1 Å². The third-order valence-corrected chi connectivity index (χ3v) is 3.80. The summed E-state index contributed by atoms with van der Waals surface area (Å²) in [6, 6.07) is 0. The lowest BCUT2D eigenvalue weighted by Crippen LogP contribution is -2.15. The van der Waals surface area contributed by atoms with Crippen LogP contribution in [0.5, 0.6) is 0 Å². The van der Waals surface area contributed by atoms with Crippen molar-refractivity contribution in [3.63, 3.8) is 0 Å². The van der Waals surface area contributed by atoms with Gasteiger partial charge in [0.1, 0.15) is 0 Å². The average molecular weight is 298 g/mol. The molecule has 3 nitrogen and oxygen atoms in total. The highest BCUT2D eigenvalue weighted by Crippen LogP contribution is 2.12. The van der Waals surface area contributed by atoms with Gasteiger partial charge in [-0.3, -0.25) is 0 Å². The summed E-state index contributed by atoms with van der Waals surface area (Å²) in [4.78, 5) is 10.4. The first kappa shape index (κ1) is 20.2. The molecule has 0 radical (unpaired) electrons. The van der Waals surface area contributed by atoms with Gasteiger partial charge in [0, 0.05) is 0 Å². The van der Waals surface area contributed by atoms with Crippen molar-refractivity contribution >= 4 is 5.97 Å². The highest BCUT2D eigenvalue weighted by atomic mass is 16.4.